The fourth-order valence-corrected chi connectivity index (χ4v) is 2.78. The topological polar surface area (TPSA) is 56.1 Å². The summed E-state index contributed by atoms with van der Waals surface area (Å²) in [6, 6.07) is 12.2. The maximum absolute atomic E-state index is 12.2. The van der Waals surface area contributed by atoms with Crippen molar-refractivity contribution in [2.75, 3.05) is 13.1 Å². The fraction of sp³-hybridized carbons (Fsp3) is 0.529. The molecule has 4 nitrogen and oxygen atoms in total. The van der Waals surface area contributed by atoms with Gasteiger partial charge in [0.1, 0.15) is 6.04 Å². The van der Waals surface area contributed by atoms with E-state index in [0.717, 1.165) is 19.3 Å². The van der Waals surface area contributed by atoms with Gasteiger partial charge in [-0.25, -0.2) is 0 Å². The Morgan fingerprint density at radius 2 is 2.14 bits per heavy atom. The fourth-order valence-electron chi connectivity index (χ4n) is 2.78. The number of benzene rings is 1. The molecule has 2 rings (SSSR count). The van der Waals surface area contributed by atoms with Gasteiger partial charge >= 0.3 is 0 Å². The zero-order valence-corrected chi connectivity index (χ0v) is 12.8. The second kappa shape index (κ2) is 6.73. The molecule has 1 heterocycles. The molecule has 0 aliphatic carbocycles. The average molecular weight is 285 g/mol. The number of carbonyl (C=O) groups is 1. The van der Waals surface area contributed by atoms with Crippen molar-refractivity contribution in [2.24, 2.45) is 0 Å². The van der Waals surface area contributed by atoms with Crippen LogP contribution in [-0.2, 0) is 11.2 Å². The second-order valence-corrected chi connectivity index (χ2v) is 6.27. The van der Waals surface area contributed by atoms with Gasteiger partial charge in [0.05, 0.1) is 12.6 Å². The summed E-state index contributed by atoms with van der Waals surface area (Å²) in [6.45, 7) is 5.19. The quantitative estimate of drug-likeness (QED) is 0.901. The summed E-state index contributed by atoms with van der Waals surface area (Å²) in [5.74, 6) is 0.0280. The van der Waals surface area contributed by atoms with Gasteiger partial charge in [0.25, 0.3) is 0 Å². The summed E-state index contributed by atoms with van der Waals surface area (Å²) in [5.41, 5.74) is 1.09. The van der Waals surface area contributed by atoms with Gasteiger partial charge in [-0.1, -0.05) is 30.3 Å². The minimum Gasteiger partial charge on any atom is -0.326 e. The molecule has 0 radical (unpaired) electrons. The largest absolute Gasteiger partial charge is 0.326 e. The van der Waals surface area contributed by atoms with E-state index in [1.54, 1.807) is 4.90 Å². The van der Waals surface area contributed by atoms with Crippen molar-refractivity contribution < 1.29 is 4.79 Å². The van der Waals surface area contributed by atoms with Crippen molar-refractivity contribution in [3.63, 3.8) is 0 Å². The zero-order chi connectivity index (χ0) is 15.3. The molecular formula is C17H23N3O. The Morgan fingerprint density at radius 3 is 2.81 bits per heavy atom. The third-order valence-corrected chi connectivity index (χ3v) is 3.93. The SMILES string of the molecule is CC(C)(Cc1ccccc1)NCC(=O)N1CCCC1C#N. The van der Waals surface area contributed by atoms with E-state index in [1.165, 1.54) is 5.56 Å². The summed E-state index contributed by atoms with van der Waals surface area (Å²) in [5, 5.41) is 12.4. The Labute approximate surface area is 126 Å². The molecule has 1 aromatic rings. The Morgan fingerprint density at radius 1 is 1.43 bits per heavy atom. The standard InChI is InChI=1S/C17H23N3O/c1-17(2,11-14-7-4-3-5-8-14)19-13-16(21)20-10-6-9-15(20)12-18/h3-5,7-8,15,19H,6,9-11,13H2,1-2H3. The molecule has 1 atom stereocenters. The van der Waals surface area contributed by atoms with Crippen LogP contribution in [-0.4, -0.2) is 35.5 Å². The smallest absolute Gasteiger partial charge is 0.237 e. The molecule has 0 aromatic heterocycles. The molecule has 4 heteroatoms. The molecule has 1 fully saturated rings. The van der Waals surface area contributed by atoms with E-state index in [9.17, 15) is 4.79 Å². The van der Waals surface area contributed by atoms with Crippen LogP contribution in [0.3, 0.4) is 0 Å². The molecule has 1 N–H and O–H groups in total. The average Bonchev–Trinajstić information content (AvgIpc) is 2.94. The summed E-state index contributed by atoms with van der Waals surface area (Å²) in [7, 11) is 0. The first-order valence-electron chi connectivity index (χ1n) is 7.50. The number of nitrogens with one attached hydrogen (secondary N) is 1. The number of carbonyl (C=O) groups excluding carboxylic acids is 1. The molecule has 1 aliphatic rings. The lowest BCUT2D eigenvalue weighted by Crippen LogP contribution is -2.48. The van der Waals surface area contributed by atoms with Crippen LogP contribution >= 0.6 is 0 Å². The summed E-state index contributed by atoms with van der Waals surface area (Å²) in [4.78, 5) is 13.9. The maximum atomic E-state index is 12.2. The Hall–Kier alpha value is -1.86. The molecule has 1 aliphatic heterocycles. The molecule has 21 heavy (non-hydrogen) atoms. The highest BCUT2D eigenvalue weighted by Gasteiger charge is 2.29. The first-order valence-corrected chi connectivity index (χ1v) is 7.50. The monoisotopic (exact) mass is 285 g/mol. The number of hydrogen-bond acceptors (Lipinski definition) is 3. The lowest BCUT2D eigenvalue weighted by atomic mass is 9.95. The Bertz CT molecular complexity index is 519. The van der Waals surface area contributed by atoms with Crippen LogP contribution in [0.4, 0.5) is 0 Å². The van der Waals surface area contributed by atoms with Gasteiger partial charge in [0.2, 0.25) is 5.91 Å². The molecule has 0 bridgehead atoms. The number of likely N-dealkylation sites (tertiary alicyclic amines) is 1. The molecule has 1 unspecified atom stereocenters. The van der Waals surface area contributed by atoms with E-state index >= 15 is 0 Å². The summed E-state index contributed by atoms with van der Waals surface area (Å²) < 4.78 is 0. The highest BCUT2D eigenvalue weighted by Crippen LogP contribution is 2.17. The lowest BCUT2D eigenvalue weighted by Gasteiger charge is -2.28. The number of rotatable bonds is 5. The third-order valence-electron chi connectivity index (χ3n) is 3.93. The van der Waals surface area contributed by atoms with Crippen LogP contribution in [0.1, 0.15) is 32.3 Å². The predicted molar refractivity (Wildman–Crippen MR) is 82.6 cm³/mol. The molecule has 0 spiro atoms. The van der Waals surface area contributed by atoms with Crippen molar-refractivity contribution in [1.29, 1.82) is 5.26 Å². The van der Waals surface area contributed by atoms with Gasteiger partial charge in [-0.15, -0.1) is 0 Å². The normalized spacial score (nSPS) is 18.5. The second-order valence-electron chi connectivity index (χ2n) is 6.27. The third kappa shape index (κ3) is 4.30. The number of nitriles is 1. The number of hydrogen-bond donors (Lipinski definition) is 1. The van der Waals surface area contributed by atoms with Crippen LogP contribution in [0.5, 0.6) is 0 Å². The molecule has 1 amide bonds. The Kier molecular flexibility index (Phi) is 4.98. The maximum Gasteiger partial charge on any atom is 0.237 e. The molecule has 0 saturated carbocycles. The first-order chi connectivity index (χ1) is 10.0. The minimum absolute atomic E-state index is 0.0280. The summed E-state index contributed by atoms with van der Waals surface area (Å²) >= 11 is 0. The van der Waals surface area contributed by atoms with E-state index in [2.05, 4.69) is 37.4 Å². The number of nitrogens with zero attached hydrogens (tertiary/aromatic N) is 2. The van der Waals surface area contributed by atoms with Gasteiger partial charge in [-0.3, -0.25) is 4.79 Å². The Balaban J connectivity index is 1.86. The highest BCUT2D eigenvalue weighted by molar-refractivity contribution is 5.79. The van der Waals surface area contributed by atoms with Crippen molar-refractivity contribution in [3.8, 4) is 6.07 Å². The number of amides is 1. The highest BCUT2D eigenvalue weighted by atomic mass is 16.2. The van der Waals surface area contributed by atoms with Gasteiger partial charge in [-0.05, 0) is 38.7 Å². The lowest BCUT2D eigenvalue weighted by molar-refractivity contribution is -0.130. The van der Waals surface area contributed by atoms with E-state index in [4.69, 9.17) is 5.26 Å². The van der Waals surface area contributed by atoms with Gasteiger partial charge < -0.3 is 10.2 Å². The zero-order valence-electron chi connectivity index (χ0n) is 12.8. The van der Waals surface area contributed by atoms with Crippen LogP contribution in [0, 0.1) is 11.3 Å². The van der Waals surface area contributed by atoms with Gasteiger partial charge in [0, 0.05) is 12.1 Å². The van der Waals surface area contributed by atoms with Gasteiger partial charge in [-0.2, -0.15) is 5.26 Å². The summed E-state index contributed by atoms with van der Waals surface area (Å²) in [6.07, 6.45) is 2.59. The van der Waals surface area contributed by atoms with Crippen molar-refractivity contribution in [3.05, 3.63) is 35.9 Å². The van der Waals surface area contributed by atoms with E-state index in [0.29, 0.717) is 6.54 Å². The van der Waals surface area contributed by atoms with Crippen molar-refractivity contribution in [1.82, 2.24) is 10.2 Å². The van der Waals surface area contributed by atoms with Crippen LogP contribution < -0.4 is 5.32 Å². The molecule has 112 valence electrons. The van der Waals surface area contributed by atoms with E-state index < -0.39 is 0 Å². The van der Waals surface area contributed by atoms with Crippen molar-refractivity contribution in [2.45, 2.75) is 44.7 Å². The van der Waals surface area contributed by atoms with Crippen LogP contribution in [0.25, 0.3) is 0 Å². The molecular weight excluding hydrogens is 262 g/mol. The van der Waals surface area contributed by atoms with Crippen LogP contribution in [0.2, 0.25) is 0 Å². The van der Waals surface area contributed by atoms with Gasteiger partial charge in [0.15, 0.2) is 0 Å². The molecule has 1 aromatic carbocycles. The molecule has 1 saturated heterocycles. The van der Waals surface area contributed by atoms with E-state index in [1.807, 2.05) is 18.2 Å². The van der Waals surface area contributed by atoms with E-state index in [-0.39, 0.29) is 24.0 Å². The van der Waals surface area contributed by atoms with Crippen molar-refractivity contribution >= 4 is 5.91 Å². The predicted octanol–water partition coefficient (Wildman–Crippen LogP) is 2.11. The minimum atomic E-state index is -0.239. The van der Waals surface area contributed by atoms with Crippen LogP contribution in [0.15, 0.2) is 30.3 Å². The first kappa shape index (κ1) is 15.5.